The molecule has 2 amide bonds. The molecule has 0 spiro atoms. The third-order valence-electron chi connectivity index (χ3n) is 4.26. The van der Waals surface area contributed by atoms with Crippen LogP contribution in [0.15, 0.2) is 53.4 Å². The first kappa shape index (κ1) is 24.8. The summed E-state index contributed by atoms with van der Waals surface area (Å²) in [4.78, 5) is 39.2. The van der Waals surface area contributed by atoms with Gasteiger partial charge in [0.2, 0.25) is 21.8 Å². The van der Waals surface area contributed by atoms with E-state index in [2.05, 4.69) is 15.6 Å². The maximum absolute atomic E-state index is 12.3. The van der Waals surface area contributed by atoms with E-state index in [1.54, 1.807) is 24.3 Å². The molecule has 0 radical (unpaired) electrons. The highest BCUT2D eigenvalue weighted by Gasteiger charge is 2.25. The number of aromatic nitrogens is 1. The summed E-state index contributed by atoms with van der Waals surface area (Å²) in [7, 11) is -4.08. The van der Waals surface area contributed by atoms with Crippen LogP contribution in [0, 0.1) is 0 Å². The van der Waals surface area contributed by atoms with Crippen molar-refractivity contribution in [2.45, 2.75) is 30.2 Å². The maximum Gasteiger partial charge on any atom is 0.323 e. The van der Waals surface area contributed by atoms with Crippen molar-refractivity contribution in [1.29, 1.82) is 0 Å². The standard InChI is InChI=1S/C20H25N5O6S/c21-17-10-4-6-14(24-17)7-5-11-18(26)23-13-19(27)22-12-16(20(28)29)25-32(30,31)15-8-2-1-3-9-15/h1-4,6,8-10,16,25H,5,7,11-13H2,(H2,21,24)(H,22,27)(H,23,26)(H,28,29)/t16-/m0/s1. The summed E-state index contributed by atoms with van der Waals surface area (Å²) in [6, 6.07) is 10.9. The molecule has 0 aliphatic carbocycles. The van der Waals surface area contributed by atoms with Crippen LogP contribution in [-0.2, 0) is 30.8 Å². The Morgan fingerprint density at radius 2 is 1.72 bits per heavy atom. The number of anilines is 1. The van der Waals surface area contributed by atoms with E-state index in [1.165, 1.54) is 24.3 Å². The van der Waals surface area contributed by atoms with Gasteiger partial charge in [0.05, 0.1) is 11.4 Å². The number of carbonyl (C=O) groups is 3. The fourth-order valence-corrected chi connectivity index (χ4v) is 3.86. The zero-order valence-corrected chi connectivity index (χ0v) is 18.0. The number of sulfonamides is 1. The third-order valence-corrected chi connectivity index (χ3v) is 5.75. The molecule has 6 N–H and O–H groups in total. The smallest absolute Gasteiger partial charge is 0.323 e. The molecule has 2 rings (SSSR count). The lowest BCUT2D eigenvalue weighted by atomic mass is 10.1. The molecule has 32 heavy (non-hydrogen) atoms. The molecule has 0 fully saturated rings. The second kappa shape index (κ2) is 11.8. The minimum absolute atomic E-state index is 0.0989. The SMILES string of the molecule is Nc1cccc(CCCC(=O)NCC(=O)NC[C@H](NS(=O)(=O)c2ccccc2)C(=O)O)n1. The van der Waals surface area contributed by atoms with Crippen LogP contribution in [0.25, 0.3) is 0 Å². The number of aryl methyl sites for hydroxylation is 1. The van der Waals surface area contributed by atoms with Crippen molar-refractivity contribution < 1.29 is 27.9 Å². The molecular weight excluding hydrogens is 438 g/mol. The highest BCUT2D eigenvalue weighted by molar-refractivity contribution is 7.89. The zero-order valence-electron chi connectivity index (χ0n) is 17.2. The van der Waals surface area contributed by atoms with E-state index in [1.807, 2.05) is 4.72 Å². The Morgan fingerprint density at radius 3 is 2.38 bits per heavy atom. The van der Waals surface area contributed by atoms with Crippen molar-refractivity contribution in [3.05, 3.63) is 54.2 Å². The van der Waals surface area contributed by atoms with Gasteiger partial charge in [0.15, 0.2) is 0 Å². The van der Waals surface area contributed by atoms with E-state index >= 15 is 0 Å². The summed E-state index contributed by atoms with van der Waals surface area (Å²) in [6.45, 7) is -0.857. The first-order valence-electron chi connectivity index (χ1n) is 9.72. The summed E-state index contributed by atoms with van der Waals surface area (Å²) >= 11 is 0. The predicted octanol–water partition coefficient (Wildman–Crippen LogP) is -0.349. The number of carboxylic acids is 1. The maximum atomic E-state index is 12.3. The highest BCUT2D eigenvalue weighted by atomic mass is 32.2. The second-order valence-corrected chi connectivity index (χ2v) is 8.53. The van der Waals surface area contributed by atoms with E-state index in [4.69, 9.17) is 5.73 Å². The number of aliphatic carboxylic acids is 1. The van der Waals surface area contributed by atoms with Gasteiger partial charge in [-0.25, -0.2) is 13.4 Å². The average Bonchev–Trinajstić information content (AvgIpc) is 2.75. The molecule has 2 aromatic rings. The lowest BCUT2D eigenvalue weighted by Crippen LogP contribution is -2.49. The molecule has 0 saturated heterocycles. The van der Waals surface area contributed by atoms with Crippen molar-refractivity contribution in [3.63, 3.8) is 0 Å². The normalized spacial score (nSPS) is 12.0. The zero-order chi connectivity index (χ0) is 23.6. The number of hydrogen-bond donors (Lipinski definition) is 5. The third kappa shape index (κ3) is 8.32. The summed E-state index contributed by atoms with van der Waals surface area (Å²) in [5.41, 5.74) is 6.35. The molecular formula is C20H25N5O6S. The Kier molecular flexibility index (Phi) is 9.10. The van der Waals surface area contributed by atoms with Gasteiger partial charge < -0.3 is 21.5 Å². The highest BCUT2D eigenvalue weighted by Crippen LogP contribution is 2.08. The molecule has 0 unspecified atom stereocenters. The number of carboxylic acid groups (broad SMARTS) is 1. The van der Waals surface area contributed by atoms with Crippen LogP contribution in [0.3, 0.4) is 0 Å². The van der Waals surface area contributed by atoms with Crippen molar-refractivity contribution in [2.75, 3.05) is 18.8 Å². The Morgan fingerprint density at radius 1 is 1.00 bits per heavy atom. The van der Waals surface area contributed by atoms with Gasteiger partial charge in [-0.05, 0) is 37.1 Å². The van der Waals surface area contributed by atoms with Gasteiger partial charge >= 0.3 is 5.97 Å². The number of nitrogen functional groups attached to an aromatic ring is 1. The summed E-state index contributed by atoms with van der Waals surface area (Å²) in [5.74, 6) is -2.07. The Balaban J connectivity index is 1.74. The van der Waals surface area contributed by atoms with Gasteiger partial charge in [0, 0.05) is 18.7 Å². The molecule has 0 saturated carbocycles. The van der Waals surface area contributed by atoms with Crippen LogP contribution in [0.2, 0.25) is 0 Å². The number of nitrogens with zero attached hydrogens (tertiary/aromatic N) is 1. The van der Waals surface area contributed by atoms with Crippen LogP contribution in [0.4, 0.5) is 5.82 Å². The second-order valence-electron chi connectivity index (χ2n) is 6.81. The monoisotopic (exact) mass is 463 g/mol. The Bertz CT molecular complexity index is 1050. The first-order valence-corrected chi connectivity index (χ1v) is 11.2. The topological polar surface area (TPSA) is 181 Å². The fourth-order valence-electron chi connectivity index (χ4n) is 2.65. The predicted molar refractivity (Wildman–Crippen MR) is 116 cm³/mol. The number of carbonyl (C=O) groups excluding carboxylic acids is 2. The van der Waals surface area contributed by atoms with Gasteiger partial charge in [-0.3, -0.25) is 14.4 Å². The van der Waals surface area contributed by atoms with Crippen molar-refractivity contribution >= 4 is 33.6 Å². The number of rotatable bonds is 12. The van der Waals surface area contributed by atoms with E-state index in [0.717, 1.165) is 5.69 Å². The number of nitrogens with two attached hydrogens (primary N) is 1. The van der Waals surface area contributed by atoms with Crippen LogP contribution < -0.4 is 21.1 Å². The van der Waals surface area contributed by atoms with Gasteiger partial charge in [0.1, 0.15) is 11.9 Å². The van der Waals surface area contributed by atoms with Crippen LogP contribution in [0.1, 0.15) is 18.5 Å². The van der Waals surface area contributed by atoms with Gasteiger partial charge in [-0.2, -0.15) is 4.72 Å². The van der Waals surface area contributed by atoms with E-state index in [0.29, 0.717) is 18.7 Å². The molecule has 1 aromatic heterocycles. The molecule has 1 aromatic carbocycles. The molecule has 172 valence electrons. The van der Waals surface area contributed by atoms with E-state index < -0.39 is 34.5 Å². The lowest BCUT2D eigenvalue weighted by Gasteiger charge is -2.16. The summed E-state index contributed by atoms with van der Waals surface area (Å²) < 4.78 is 26.6. The molecule has 1 heterocycles. The quantitative estimate of drug-likeness (QED) is 0.283. The number of benzene rings is 1. The number of hydrogen-bond acceptors (Lipinski definition) is 7. The van der Waals surface area contributed by atoms with E-state index in [9.17, 15) is 27.9 Å². The number of amides is 2. The van der Waals surface area contributed by atoms with Gasteiger partial charge in [-0.1, -0.05) is 24.3 Å². The Labute approximate surface area is 185 Å². The van der Waals surface area contributed by atoms with Crippen LogP contribution in [0.5, 0.6) is 0 Å². The number of nitrogens with one attached hydrogen (secondary N) is 3. The molecule has 1 atom stereocenters. The molecule has 0 aliphatic heterocycles. The van der Waals surface area contributed by atoms with Gasteiger partial charge in [0.25, 0.3) is 0 Å². The molecule has 11 nitrogen and oxygen atoms in total. The van der Waals surface area contributed by atoms with Crippen LogP contribution >= 0.6 is 0 Å². The molecule has 12 heteroatoms. The minimum atomic E-state index is -4.08. The fraction of sp³-hybridized carbons (Fsp3) is 0.300. The minimum Gasteiger partial charge on any atom is -0.480 e. The van der Waals surface area contributed by atoms with Gasteiger partial charge in [-0.15, -0.1) is 0 Å². The largest absolute Gasteiger partial charge is 0.480 e. The summed E-state index contributed by atoms with van der Waals surface area (Å²) in [5, 5.41) is 14.0. The van der Waals surface area contributed by atoms with Crippen molar-refractivity contribution in [3.8, 4) is 0 Å². The number of pyridine rings is 1. The van der Waals surface area contributed by atoms with Crippen molar-refractivity contribution in [2.24, 2.45) is 0 Å². The van der Waals surface area contributed by atoms with E-state index in [-0.39, 0.29) is 23.8 Å². The Hall–Kier alpha value is -3.51. The lowest BCUT2D eigenvalue weighted by molar-refractivity contribution is -0.139. The molecule has 0 bridgehead atoms. The first-order chi connectivity index (χ1) is 15.2. The average molecular weight is 464 g/mol. The molecule has 0 aliphatic rings. The van der Waals surface area contributed by atoms with Crippen molar-refractivity contribution in [1.82, 2.24) is 20.3 Å². The van der Waals surface area contributed by atoms with Crippen LogP contribution in [-0.4, -0.2) is 55.4 Å². The summed E-state index contributed by atoms with van der Waals surface area (Å²) in [6.07, 6.45) is 1.22.